The fraction of sp³-hybridized carbons (Fsp3) is 0.906. The number of allylic oxidation sites excluding steroid dienone is 3. The first-order valence-corrected chi connectivity index (χ1v) is 31.6. The van der Waals surface area contributed by atoms with Gasteiger partial charge >= 0.3 is 5.97 Å². The second-order valence-electron chi connectivity index (χ2n) is 21.7. The Hall–Kier alpha value is -1.66. The Morgan fingerprint density at radius 2 is 0.671 bits per heavy atom. The summed E-state index contributed by atoms with van der Waals surface area (Å²) in [5, 5.41) is 23.2. The number of aliphatic hydroxyl groups is 2. The normalized spacial score (nSPS) is 12.7. The molecule has 0 aliphatic rings. The molecular weight excluding hydrogens is 863 g/mol. The van der Waals surface area contributed by atoms with Crippen LogP contribution in [0, 0.1) is 0 Å². The van der Waals surface area contributed by atoms with Gasteiger partial charge in [-0.05, 0) is 57.8 Å². The highest BCUT2D eigenvalue weighted by molar-refractivity contribution is 5.76. The molecule has 0 spiro atoms. The first kappa shape index (κ1) is 68.3. The predicted molar refractivity (Wildman–Crippen MR) is 306 cm³/mol. The average Bonchev–Trinajstić information content (AvgIpc) is 3.36. The summed E-state index contributed by atoms with van der Waals surface area (Å²) in [5.41, 5.74) is 0. The lowest BCUT2D eigenvalue weighted by molar-refractivity contribution is -0.143. The van der Waals surface area contributed by atoms with E-state index in [9.17, 15) is 19.8 Å². The molecule has 0 fully saturated rings. The van der Waals surface area contributed by atoms with Gasteiger partial charge in [0.05, 0.1) is 25.4 Å². The van der Waals surface area contributed by atoms with Gasteiger partial charge in [0, 0.05) is 12.8 Å². The summed E-state index contributed by atoms with van der Waals surface area (Å²) >= 11 is 0. The number of amides is 1. The topological polar surface area (TPSA) is 95.9 Å². The Labute approximate surface area is 437 Å². The lowest BCUT2D eigenvalue weighted by atomic mass is 10.0. The Kier molecular flexibility index (Phi) is 58.5. The maximum Gasteiger partial charge on any atom is 0.305 e. The molecule has 0 heterocycles. The van der Waals surface area contributed by atoms with E-state index in [1.807, 2.05) is 6.08 Å². The summed E-state index contributed by atoms with van der Waals surface area (Å²) < 4.78 is 5.48. The Bertz CT molecular complexity index is 1090. The molecule has 70 heavy (non-hydrogen) atoms. The van der Waals surface area contributed by atoms with Gasteiger partial charge in [-0.1, -0.05) is 301 Å². The van der Waals surface area contributed by atoms with E-state index < -0.39 is 12.1 Å². The maximum absolute atomic E-state index is 12.5. The maximum atomic E-state index is 12.5. The van der Waals surface area contributed by atoms with Crippen molar-refractivity contribution in [3.63, 3.8) is 0 Å². The fourth-order valence-corrected chi connectivity index (χ4v) is 9.87. The third-order valence-corrected chi connectivity index (χ3v) is 14.7. The average molecular weight is 987 g/mol. The molecule has 0 aromatic rings. The zero-order valence-electron chi connectivity index (χ0n) is 47.3. The van der Waals surface area contributed by atoms with Crippen LogP contribution >= 0.6 is 0 Å². The van der Waals surface area contributed by atoms with Crippen LogP contribution in [0.3, 0.4) is 0 Å². The Morgan fingerprint density at radius 1 is 0.386 bits per heavy atom. The number of hydrogen-bond acceptors (Lipinski definition) is 5. The summed E-state index contributed by atoms with van der Waals surface area (Å²) in [6, 6.07) is -0.640. The Balaban J connectivity index is 3.48. The molecule has 0 aromatic heterocycles. The van der Waals surface area contributed by atoms with Gasteiger partial charge in [-0.15, -0.1) is 0 Å². The van der Waals surface area contributed by atoms with Crippen LogP contribution in [0.25, 0.3) is 0 Å². The SMILES string of the molecule is CCCCCCCCCCCCCCCCCCCCCC/C=C/C(O)C(CO)NC(=O)CCCCCCCCC/C=C\CCCCCCOC(=O)CCCCCCCCCCCCCCCCCC. The number of esters is 1. The number of ether oxygens (including phenoxy) is 1. The minimum absolute atomic E-state index is 0.00704. The molecular formula is C64H123NO5. The predicted octanol–water partition coefficient (Wildman–Crippen LogP) is 19.8. The van der Waals surface area contributed by atoms with Crippen LogP contribution in [0.4, 0.5) is 0 Å². The van der Waals surface area contributed by atoms with E-state index in [2.05, 4.69) is 31.3 Å². The highest BCUT2D eigenvalue weighted by atomic mass is 16.5. The Morgan fingerprint density at radius 3 is 1.01 bits per heavy atom. The van der Waals surface area contributed by atoms with Crippen molar-refractivity contribution in [3.05, 3.63) is 24.3 Å². The van der Waals surface area contributed by atoms with Crippen molar-refractivity contribution in [2.75, 3.05) is 13.2 Å². The minimum Gasteiger partial charge on any atom is -0.466 e. The molecule has 6 heteroatoms. The lowest BCUT2D eigenvalue weighted by Crippen LogP contribution is -2.45. The smallest absolute Gasteiger partial charge is 0.305 e. The largest absolute Gasteiger partial charge is 0.466 e. The van der Waals surface area contributed by atoms with Crippen molar-refractivity contribution >= 4 is 11.9 Å². The summed E-state index contributed by atoms with van der Waals surface area (Å²) in [4.78, 5) is 24.6. The van der Waals surface area contributed by atoms with Gasteiger partial charge in [0.15, 0.2) is 0 Å². The molecule has 6 nitrogen and oxygen atoms in total. The molecule has 0 radical (unpaired) electrons. The van der Waals surface area contributed by atoms with Crippen LogP contribution < -0.4 is 5.32 Å². The van der Waals surface area contributed by atoms with Crippen molar-refractivity contribution in [2.45, 2.75) is 360 Å². The van der Waals surface area contributed by atoms with Crippen molar-refractivity contribution in [2.24, 2.45) is 0 Å². The molecule has 1 amide bonds. The molecule has 0 aliphatic heterocycles. The van der Waals surface area contributed by atoms with E-state index in [0.717, 1.165) is 70.6 Å². The monoisotopic (exact) mass is 986 g/mol. The number of hydrogen-bond donors (Lipinski definition) is 3. The molecule has 0 saturated heterocycles. The zero-order chi connectivity index (χ0) is 50.7. The molecule has 0 aliphatic carbocycles. The van der Waals surface area contributed by atoms with Crippen molar-refractivity contribution in [1.29, 1.82) is 0 Å². The van der Waals surface area contributed by atoms with E-state index >= 15 is 0 Å². The number of carbonyl (C=O) groups is 2. The summed E-state index contributed by atoms with van der Waals surface area (Å²) in [6.07, 6.45) is 73.6. The minimum atomic E-state index is -0.855. The van der Waals surface area contributed by atoms with E-state index in [0.29, 0.717) is 19.4 Å². The van der Waals surface area contributed by atoms with E-state index in [-0.39, 0.29) is 18.5 Å². The van der Waals surface area contributed by atoms with Gasteiger partial charge in [-0.3, -0.25) is 9.59 Å². The molecule has 0 saturated carbocycles. The van der Waals surface area contributed by atoms with Crippen molar-refractivity contribution < 1.29 is 24.5 Å². The van der Waals surface area contributed by atoms with Gasteiger partial charge in [-0.25, -0.2) is 0 Å². The first-order valence-electron chi connectivity index (χ1n) is 31.6. The third-order valence-electron chi connectivity index (χ3n) is 14.7. The van der Waals surface area contributed by atoms with E-state index in [1.165, 1.54) is 250 Å². The van der Waals surface area contributed by atoms with Crippen LogP contribution in [-0.2, 0) is 14.3 Å². The van der Waals surface area contributed by atoms with Gasteiger partial charge in [-0.2, -0.15) is 0 Å². The van der Waals surface area contributed by atoms with Crippen LogP contribution in [0.5, 0.6) is 0 Å². The van der Waals surface area contributed by atoms with Crippen molar-refractivity contribution in [1.82, 2.24) is 5.32 Å². The lowest BCUT2D eigenvalue weighted by Gasteiger charge is -2.20. The second kappa shape index (κ2) is 59.9. The van der Waals surface area contributed by atoms with Crippen molar-refractivity contribution in [3.8, 4) is 0 Å². The van der Waals surface area contributed by atoms with E-state index in [4.69, 9.17) is 4.74 Å². The highest BCUT2D eigenvalue weighted by Crippen LogP contribution is 2.18. The number of aliphatic hydroxyl groups excluding tert-OH is 2. The quantitative estimate of drug-likeness (QED) is 0.0321. The zero-order valence-corrected chi connectivity index (χ0v) is 47.3. The van der Waals surface area contributed by atoms with Crippen LogP contribution in [0.2, 0.25) is 0 Å². The summed E-state index contributed by atoms with van der Waals surface area (Å²) in [7, 11) is 0. The molecule has 414 valence electrons. The molecule has 0 aromatic carbocycles. The second-order valence-corrected chi connectivity index (χ2v) is 21.7. The third kappa shape index (κ3) is 55.7. The standard InChI is InChI=1S/C64H123NO5/c1-3-5-7-9-11-13-15-17-19-21-22-23-24-25-26-28-32-36-40-44-48-52-56-62(67)61(60-66)65-63(68)57-53-49-45-41-37-33-29-27-31-35-39-43-47-51-55-59-70-64(69)58-54-50-46-42-38-34-30-20-18-16-14-12-10-8-6-4-2/h31,35,52,56,61-62,66-67H,3-30,32-34,36-51,53-55,57-60H2,1-2H3,(H,65,68)/b35-31-,56-52+. The summed E-state index contributed by atoms with van der Waals surface area (Å²) in [6.45, 7) is 4.90. The van der Waals surface area contributed by atoms with Crippen LogP contribution in [-0.4, -0.2) is 47.4 Å². The molecule has 3 N–H and O–H groups in total. The van der Waals surface area contributed by atoms with Gasteiger partial charge < -0.3 is 20.3 Å². The summed E-state index contributed by atoms with van der Waals surface area (Å²) in [5.74, 6) is -0.0868. The van der Waals surface area contributed by atoms with E-state index in [1.54, 1.807) is 6.08 Å². The number of carbonyl (C=O) groups excluding carboxylic acids is 2. The van der Waals surface area contributed by atoms with Crippen LogP contribution in [0.15, 0.2) is 24.3 Å². The highest BCUT2D eigenvalue weighted by Gasteiger charge is 2.18. The number of rotatable bonds is 59. The molecule has 0 bridgehead atoms. The molecule has 0 rings (SSSR count). The van der Waals surface area contributed by atoms with Gasteiger partial charge in [0.2, 0.25) is 5.91 Å². The number of nitrogens with one attached hydrogen (secondary N) is 1. The van der Waals surface area contributed by atoms with Gasteiger partial charge in [0.25, 0.3) is 0 Å². The first-order chi connectivity index (χ1) is 34.5. The molecule has 2 unspecified atom stereocenters. The van der Waals surface area contributed by atoms with Gasteiger partial charge in [0.1, 0.15) is 0 Å². The fourth-order valence-electron chi connectivity index (χ4n) is 9.87. The molecule has 2 atom stereocenters. The number of unbranched alkanes of at least 4 members (excludes halogenated alkanes) is 46. The van der Waals surface area contributed by atoms with Crippen LogP contribution in [0.1, 0.15) is 348 Å².